The van der Waals surface area contributed by atoms with E-state index in [4.69, 9.17) is 11.6 Å². The number of carbonyl (C=O) groups is 1. The van der Waals surface area contributed by atoms with Gasteiger partial charge in [0.2, 0.25) is 0 Å². The molecule has 0 unspecified atom stereocenters. The molecule has 1 fully saturated rings. The number of benzene rings is 1. The molecular formula is C16H20ClNO. The molecule has 0 aliphatic heterocycles. The van der Waals surface area contributed by atoms with Crippen molar-refractivity contribution in [2.75, 3.05) is 20.6 Å². The average molecular weight is 278 g/mol. The molecule has 0 saturated heterocycles. The van der Waals surface area contributed by atoms with Crippen LogP contribution < -0.4 is 0 Å². The second-order valence-corrected chi connectivity index (χ2v) is 5.87. The van der Waals surface area contributed by atoms with Gasteiger partial charge in [-0.3, -0.25) is 4.79 Å². The van der Waals surface area contributed by atoms with E-state index >= 15 is 0 Å². The molecular weight excluding hydrogens is 258 g/mol. The quantitative estimate of drug-likeness (QED) is 0.786. The molecule has 102 valence electrons. The molecule has 1 atom stereocenters. The predicted molar refractivity (Wildman–Crippen MR) is 80.3 cm³/mol. The van der Waals surface area contributed by atoms with E-state index in [1.54, 1.807) is 0 Å². The zero-order chi connectivity index (χ0) is 13.8. The van der Waals surface area contributed by atoms with Crippen molar-refractivity contribution in [3.05, 3.63) is 40.4 Å². The highest BCUT2D eigenvalue weighted by Crippen LogP contribution is 2.27. The Bertz CT molecular complexity index is 476. The second kappa shape index (κ2) is 6.36. The van der Waals surface area contributed by atoms with Crippen molar-refractivity contribution in [1.29, 1.82) is 0 Å². The van der Waals surface area contributed by atoms with E-state index in [0.717, 1.165) is 42.0 Å². The third-order valence-corrected chi connectivity index (χ3v) is 3.73. The smallest absolute Gasteiger partial charge is 0.163 e. The normalized spacial score (nSPS) is 22.2. The zero-order valence-corrected chi connectivity index (χ0v) is 12.3. The van der Waals surface area contributed by atoms with Crippen LogP contribution in [0.1, 0.15) is 24.8 Å². The van der Waals surface area contributed by atoms with Crippen LogP contribution in [0.3, 0.4) is 0 Å². The van der Waals surface area contributed by atoms with Crippen LogP contribution >= 0.6 is 11.6 Å². The first kappa shape index (κ1) is 14.3. The summed E-state index contributed by atoms with van der Waals surface area (Å²) in [6.45, 7) is 0.844. The van der Waals surface area contributed by atoms with Gasteiger partial charge in [-0.25, -0.2) is 0 Å². The average Bonchev–Trinajstić information content (AvgIpc) is 2.36. The van der Waals surface area contributed by atoms with Crippen molar-refractivity contribution in [1.82, 2.24) is 4.90 Å². The lowest BCUT2D eigenvalue weighted by molar-refractivity contribution is -0.120. The van der Waals surface area contributed by atoms with Crippen LogP contribution in [-0.4, -0.2) is 31.3 Å². The van der Waals surface area contributed by atoms with Gasteiger partial charge in [-0.2, -0.15) is 0 Å². The molecule has 0 amide bonds. The standard InChI is InChI=1S/C16H20ClNO/c1-18(2)11-14-5-3-4-13(16(14)19)10-12-6-8-15(17)9-7-12/h6-10,14H,3-5,11H2,1-2H3/b13-10-/t14-/m1/s1. The second-order valence-electron chi connectivity index (χ2n) is 5.44. The summed E-state index contributed by atoms with van der Waals surface area (Å²) in [4.78, 5) is 14.5. The number of rotatable bonds is 3. The molecule has 0 bridgehead atoms. The van der Waals surface area contributed by atoms with Gasteiger partial charge < -0.3 is 4.90 Å². The Kier molecular flexibility index (Phi) is 4.78. The van der Waals surface area contributed by atoms with Crippen LogP contribution in [-0.2, 0) is 4.79 Å². The molecule has 2 nitrogen and oxygen atoms in total. The summed E-state index contributed by atoms with van der Waals surface area (Å²) in [5, 5.41) is 0.725. The van der Waals surface area contributed by atoms with Crippen molar-refractivity contribution in [2.45, 2.75) is 19.3 Å². The SMILES string of the molecule is CN(C)C[C@H]1CCC/C(=C/c2ccc(Cl)cc2)C1=O. The van der Waals surface area contributed by atoms with E-state index in [1.165, 1.54) is 0 Å². The molecule has 1 aliphatic carbocycles. The van der Waals surface area contributed by atoms with Crippen LogP contribution in [0.2, 0.25) is 5.02 Å². The first-order valence-corrected chi connectivity index (χ1v) is 7.09. The molecule has 0 heterocycles. The number of allylic oxidation sites excluding steroid dienone is 1. The molecule has 1 saturated carbocycles. The summed E-state index contributed by atoms with van der Waals surface area (Å²) in [5.41, 5.74) is 2.01. The number of hydrogen-bond acceptors (Lipinski definition) is 2. The van der Waals surface area contributed by atoms with Crippen molar-refractivity contribution in [3.8, 4) is 0 Å². The van der Waals surface area contributed by atoms with Gasteiger partial charge in [0, 0.05) is 17.5 Å². The van der Waals surface area contributed by atoms with Gasteiger partial charge in [0.05, 0.1) is 0 Å². The number of hydrogen-bond donors (Lipinski definition) is 0. The van der Waals surface area contributed by atoms with Crippen LogP contribution in [0.5, 0.6) is 0 Å². The molecule has 1 aromatic rings. The topological polar surface area (TPSA) is 20.3 Å². The van der Waals surface area contributed by atoms with E-state index in [-0.39, 0.29) is 5.92 Å². The Labute approximate surface area is 120 Å². The Morgan fingerprint density at radius 1 is 1.32 bits per heavy atom. The van der Waals surface area contributed by atoms with E-state index < -0.39 is 0 Å². The summed E-state index contributed by atoms with van der Waals surface area (Å²) in [6, 6.07) is 7.63. The van der Waals surface area contributed by atoms with Gasteiger partial charge in [0.15, 0.2) is 5.78 Å². The summed E-state index contributed by atoms with van der Waals surface area (Å²) >= 11 is 5.87. The summed E-state index contributed by atoms with van der Waals surface area (Å²) < 4.78 is 0. The highest BCUT2D eigenvalue weighted by Gasteiger charge is 2.26. The lowest BCUT2D eigenvalue weighted by Gasteiger charge is -2.25. The molecule has 2 rings (SSSR count). The van der Waals surface area contributed by atoms with Crippen LogP contribution in [0.4, 0.5) is 0 Å². The first-order valence-electron chi connectivity index (χ1n) is 6.71. The largest absolute Gasteiger partial charge is 0.309 e. The third-order valence-electron chi connectivity index (χ3n) is 3.48. The Morgan fingerprint density at radius 3 is 2.63 bits per heavy atom. The van der Waals surface area contributed by atoms with E-state index in [9.17, 15) is 4.79 Å². The maximum Gasteiger partial charge on any atom is 0.163 e. The van der Waals surface area contributed by atoms with Crippen molar-refractivity contribution in [2.24, 2.45) is 5.92 Å². The van der Waals surface area contributed by atoms with Gasteiger partial charge in [0.1, 0.15) is 0 Å². The monoisotopic (exact) mass is 277 g/mol. The fourth-order valence-electron chi connectivity index (χ4n) is 2.57. The molecule has 3 heteroatoms. The molecule has 1 aliphatic rings. The van der Waals surface area contributed by atoms with Gasteiger partial charge in [-0.15, -0.1) is 0 Å². The number of nitrogens with zero attached hydrogens (tertiary/aromatic N) is 1. The van der Waals surface area contributed by atoms with Gasteiger partial charge >= 0.3 is 0 Å². The maximum absolute atomic E-state index is 12.4. The van der Waals surface area contributed by atoms with E-state index in [0.29, 0.717) is 5.78 Å². The minimum atomic E-state index is 0.155. The molecule has 0 radical (unpaired) electrons. The Morgan fingerprint density at radius 2 is 2.00 bits per heavy atom. The minimum Gasteiger partial charge on any atom is -0.309 e. The van der Waals surface area contributed by atoms with Gasteiger partial charge in [-0.1, -0.05) is 23.7 Å². The highest BCUT2D eigenvalue weighted by atomic mass is 35.5. The molecule has 0 spiro atoms. The van der Waals surface area contributed by atoms with Crippen LogP contribution in [0, 0.1) is 5.92 Å². The number of Topliss-reactive ketones (excluding diaryl/α,β-unsaturated/α-hetero) is 1. The van der Waals surface area contributed by atoms with Crippen molar-refractivity contribution >= 4 is 23.5 Å². The molecule has 1 aromatic carbocycles. The molecule has 19 heavy (non-hydrogen) atoms. The van der Waals surface area contributed by atoms with E-state index in [2.05, 4.69) is 4.90 Å². The van der Waals surface area contributed by atoms with Crippen molar-refractivity contribution in [3.63, 3.8) is 0 Å². The lowest BCUT2D eigenvalue weighted by atomic mass is 9.83. The first-order chi connectivity index (χ1) is 9.06. The number of halogens is 1. The maximum atomic E-state index is 12.4. The van der Waals surface area contributed by atoms with Gasteiger partial charge in [0.25, 0.3) is 0 Å². The molecule has 0 aromatic heterocycles. The van der Waals surface area contributed by atoms with Crippen molar-refractivity contribution < 1.29 is 4.79 Å². The van der Waals surface area contributed by atoms with Crippen LogP contribution in [0.15, 0.2) is 29.8 Å². The Hall–Kier alpha value is -1.12. The summed E-state index contributed by atoms with van der Waals surface area (Å²) in [6.07, 6.45) is 5.02. The lowest BCUT2D eigenvalue weighted by Crippen LogP contribution is -2.31. The highest BCUT2D eigenvalue weighted by molar-refractivity contribution is 6.30. The predicted octanol–water partition coefficient (Wildman–Crippen LogP) is 3.65. The third kappa shape index (κ3) is 3.92. The fraction of sp³-hybridized carbons (Fsp3) is 0.438. The van der Waals surface area contributed by atoms with Gasteiger partial charge in [-0.05, 0) is 62.7 Å². The summed E-state index contributed by atoms with van der Waals surface area (Å²) in [5.74, 6) is 0.470. The van der Waals surface area contributed by atoms with Crippen LogP contribution in [0.25, 0.3) is 6.08 Å². The number of ketones is 1. The summed E-state index contributed by atoms with van der Waals surface area (Å²) in [7, 11) is 4.04. The van der Waals surface area contributed by atoms with E-state index in [1.807, 2.05) is 44.4 Å². The molecule has 0 N–H and O–H groups in total. The fourth-order valence-corrected chi connectivity index (χ4v) is 2.70. The minimum absolute atomic E-state index is 0.155. The number of carbonyl (C=O) groups excluding carboxylic acids is 1. The Balaban J connectivity index is 2.14. The zero-order valence-electron chi connectivity index (χ0n) is 11.5.